The molecule has 0 aliphatic heterocycles. The highest BCUT2D eigenvalue weighted by atomic mass is 32.2. The molecule has 5 nitrogen and oxygen atoms in total. The highest BCUT2D eigenvalue weighted by molar-refractivity contribution is 7.99. The van der Waals surface area contributed by atoms with Gasteiger partial charge in [-0.05, 0) is 19.4 Å². The number of nitrogen functional groups attached to an aromatic ring is 1. The van der Waals surface area contributed by atoms with Crippen molar-refractivity contribution in [3.05, 3.63) is 17.8 Å². The first kappa shape index (κ1) is 14.8. The number of carbonyl (C=O) groups excluding carboxylic acids is 1. The zero-order chi connectivity index (χ0) is 13.5. The van der Waals surface area contributed by atoms with Crippen LogP contribution in [0.25, 0.3) is 0 Å². The van der Waals surface area contributed by atoms with E-state index in [1.165, 1.54) is 18.0 Å². The number of aromatic nitrogens is 1. The Kier molecular flexibility index (Phi) is 5.94. The minimum atomic E-state index is -0.436. The fraction of sp³-hybridized carbons (Fsp3) is 0.500. The fourth-order valence-corrected chi connectivity index (χ4v) is 2.28. The van der Waals surface area contributed by atoms with Gasteiger partial charge in [0.25, 0.3) is 0 Å². The predicted molar refractivity (Wildman–Crippen MR) is 71.6 cm³/mol. The third-order valence-corrected chi connectivity index (χ3v) is 3.37. The van der Waals surface area contributed by atoms with Gasteiger partial charge < -0.3 is 15.6 Å². The zero-order valence-electron chi connectivity index (χ0n) is 10.5. The van der Waals surface area contributed by atoms with Crippen LogP contribution in [0.3, 0.4) is 0 Å². The van der Waals surface area contributed by atoms with Gasteiger partial charge in [-0.15, -0.1) is 11.8 Å². The van der Waals surface area contributed by atoms with Crippen molar-refractivity contribution < 1.29 is 14.6 Å². The molecule has 0 saturated carbocycles. The lowest BCUT2D eigenvalue weighted by molar-refractivity contribution is 0.0527. The van der Waals surface area contributed by atoms with Crippen molar-refractivity contribution in [2.75, 3.05) is 18.9 Å². The second kappa shape index (κ2) is 7.23. The van der Waals surface area contributed by atoms with Crippen molar-refractivity contribution >= 4 is 23.4 Å². The van der Waals surface area contributed by atoms with Crippen LogP contribution in [0.1, 0.15) is 30.6 Å². The Balaban J connectivity index is 2.83. The van der Waals surface area contributed by atoms with Crippen LogP contribution in [-0.2, 0) is 4.74 Å². The number of rotatable bonds is 6. The molecule has 0 saturated heterocycles. The maximum absolute atomic E-state index is 11.6. The van der Waals surface area contributed by atoms with Crippen molar-refractivity contribution in [3.8, 4) is 0 Å². The summed E-state index contributed by atoms with van der Waals surface area (Å²) in [6.07, 6.45) is 2.13. The largest absolute Gasteiger partial charge is 0.462 e. The molecule has 1 aromatic rings. The Hall–Kier alpha value is -1.27. The molecule has 0 spiro atoms. The van der Waals surface area contributed by atoms with Crippen molar-refractivity contribution in [2.24, 2.45) is 0 Å². The molecule has 1 aromatic heterocycles. The molecule has 18 heavy (non-hydrogen) atoms. The lowest BCUT2D eigenvalue weighted by Gasteiger charge is -2.10. The van der Waals surface area contributed by atoms with Gasteiger partial charge in [-0.3, -0.25) is 0 Å². The van der Waals surface area contributed by atoms with Crippen LogP contribution < -0.4 is 5.73 Å². The third kappa shape index (κ3) is 4.19. The minimum Gasteiger partial charge on any atom is -0.462 e. The molecule has 1 unspecified atom stereocenters. The highest BCUT2D eigenvalue weighted by Gasteiger charge is 2.14. The van der Waals surface area contributed by atoms with Gasteiger partial charge in [0.2, 0.25) is 0 Å². The first-order valence-electron chi connectivity index (χ1n) is 5.78. The van der Waals surface area contributed by atoms with Crippen LogP contribution >= 0.6 is 11.8 Å². The Bertz CT molecular complexity index is 412. The number of pyridine rings is 1. The Morgan fingerprint density at radius 2 is 2.39 bits per heavy atom. The molecule has 0 bridgehead atoms. The zero-order valence-corrected chi connectivity index (χ0v) is 11.4. The summed E-state index contributed by atoms with van der Waals surface area (Å²) in [5.74, 6) is -0.436. The van der Waals surface area contributed by atoms with E-state index in [9.17, 15) is 4.79 Å². The average molecular weight is 270 g/mol. The van der Waals surface area contributed by atoms with E-state index in [2.05, 4.69) is 4.98 Å². The number of nitrogens with two attached hydrogens (primary N) is 1. The molecule has 1 atom stereocenters. The second-order valence-electron chi connectivity index (χ2n) is 3.77. The van der Waals surface area contributed by atoms with E-state index in [4.69, 9.17) is 15.6 Å². The molecule has 0 fully saturated rings. The summed E-state index contributed by atoms with van der Waals surface area (Å²) in [7, 11) is 0. The minimum absolute atomic E-state index is 0.133. The van der Waals surface area contributed by atoms with Gasteiger partial charge >= 0.3 is 5.97 Å². The first-order valence-corrected chi connectivity index (χ1v) is 6.66. The molecule has 1 rings (SSSR count). The van der Waals surface area contributed by atoms with Gasteiger partial charge in [0.15, 0.2) is 0 Å². The van der Waals surface area contributed by atoms with Crippen LogP contribution in [0, 0.1) is 0 Å². The lowest BCUT2D eigenvalue weighted by Crippen LogP contribution is -2.09. The number of carbonyl (C=O) groups is 1. The second-order valence-corrected chi connectivity index (χ2v) is 5.23. The molecule has 3 N–H and O–H groups in total. The maximum Gasteiger partial charge on any atom is 0.340 e. The molecular weight excluding hydrogens is 252 g/mol. The molecule has 0 aliphatic carbocycles. The number of anilines is 1. The van der Waals surface area contributed by atoms with Gasteiger partial charge in [-0.2, -0.15) is 0 Å². The molecule has 0 amide bonds. The van der Waals surface area contributed by atoms with Gasteiger partial charge in [0.1, 0.15) is 0 Å². The summed E-state index contributed by atoms with van der Waals surface area (Å²) in [5, 5.41) is 9.77. The first-order chi connectivity index (χ1) is 8.58. The fourth-order valence-electron chi connectivity index (χ4n) is 1.34. The van der Waals surface area contributed by atoms with E-state index >= 15 is 0 Å². The van der Waals surface area contributed by atoms with E-state index < -0.39 is 5.97 Å². The van der Waals surface area contributed by atoms with E-state index in [1.807, 2.05) is 6.92 Å². The summed E-state index contributed by atoms with van der Waals surface area (Å²) < 4.78 is 4.92. The summed E-state index contributed by atoms with van der Waals surface area (Å²) in [5.41, 5.74) is 6.35. The molecular formula is C12H18N2O3S. The molecule has 0 aromatic carbocycles. The van der Waals surface area contributed by atoms with E-state index in [1.54, 1.807) is 13.0 Å². The number of aliphatic hydroxyl groups is 1. The van der Waals surface area contributed by atoms with Gasteiger partial charge in [-0.25, -0.2) is 9.78 Å². The molecule has 0 aliphatic rings. The number of nitrogens with zero attached hydrogens (tertiary/aromatic N) is 1. The van der Waals surface area contributed by atoms with E-state index in [0.717, 1.165) is 0 Å². The van der Waals surface area contributed by atoms with Crippen molar-refractivity contribution in [2.45, 2.75) is 30.5 Å². The molecule has 6 heteroatoms. The number of hydrogen-bond acceptors (Lipinski definition) is 6. The SMILES string of the molecule is CCOC(=O)c1cc(SC(C)CCO)ncc1N. The molecule has 0 radical (unpaired) electrons. The third-order valence-electron chi connectivity index (χ3n) is 2.26. The predicted octanol–water partition coefficient (Wildman–Crippen LogP) is 1.70. The number of esters is 1. The number of aliphatic hydroxyl groups excluding tert-OH is 1. The van der Waals surface area contributed by atoms with E-state index in [0.29, 0.717) is 29.3 Å². The van der Waals surface area contributed by atoms with Crippen molar-refractivity contribution in [3.63, 3.8) is 0 Å². The Morgan fingerprint density at radius 3 is 3.00 bits per heavy atom. The van der Waals surface area contributed by atoms with Crippen LogP contribution in [0.5, 0.6) is 0 Å². The molecule has 100 valence electrons. The van der Waals surface area contributed by atoms with Gasteiger partial charge in [0, 0.05) is 11.9 Å². The smallest absolute Gasteiger partial charge is 0.340 e. The normalized spacial score (nSPS) is 12.2. The lowest BCUT2D eigenvalue weighted by atomic mass is 10.2. The summed E-state index contributed by atoms with van der Waals surface area (Å²) in [4.78, 5) is 15.8. The molecule has 1 heterocycles. The quantitative estimate of drug-likeness (QED) is 0.604. The Morgan fingerprint density at radius 1 is 1.67 bits per heavy atom. The van der Waals surface area contributed by atoms with Gasteiger partial charge in [0.05, 0.1) is 29.1 Å². The standard InChI is InChI=1S/C12H18N2O3S/c1-3-17-12(16)9-6-11(14-7-10(9)13)18-8(2)4-5-15/h6-8,15H,3-5,13H2,1-2H3. The van der Waals surface area contributed by atoms with Crippen molar-refractivity contribution in [1.29, 1.82) is 0 Å². The van der Waals surface area contributed by atoms with Crippen LogP contribution in [-0.4, -0.2) is 34.5 Å². The summed E-state index contributed by atoms with van der Waals surface area (Å²) in [6.45, 7) is 4.18. The highest BCUT2D eigenvalue weighted by Crippen LogP contribution is 2.25. The van der Waals surface area contributed by atoms with Crippen LogP contribution in [0.15, 0.2) is 17.3 Å². The van der Waals surface area contributed by atoms with Crippen molar-refractivity contribution in [1.82, 2.24) is 4.98 Å². The summed E-state index contributed by atoms with van der Waals surface area (Å²) in [6, 6.07) is 1.63. The summed E-state index contributed by atoms with van der Waals surface area (Å²) >= 11 is 1.49. The van der Waals surface area contributed by atoms with E-state index in [-0.39, 0.29) is 11.9 Å². The maximum atomic E-state index is 11.6. The monoisotopic (exact) mass is 270 g/mol. The number of thioether (sulfide) groups is 1. The Labute approximate surface area is 111 Å². The number of ether oxygens (including phenoxy) is 1. The van der Waals surface area contributed by atoms with Crippen LogP contribution in [0.2, 0.25) is 0 Å². The topological polar surface area (TPSA) is 85.4 Å². The van der Waals surface area contributed by atoms with Crippen LogP contribution in [0.4, 0.5) is 5.69 Å². The van der Waals surface area contributed by atoms with Gasteiger partial charge in [-0.1, -0.05) is 6.92 Å². The number of hydrogen-bond donors (Lipinski definition) is 2. The average Bonchev–Trinajstić information content (AvgIpc) is 2.32.